The van der Waals surface area contributed by atoms with Gasteiger partial charge in [-0.05, 0) is 37.4 Å². The first-order chi connectivity index (χ1) is 8.83. The lowest BCUT2D eigenvalue weighted by molar-refractivity contribution is 0.354. The van der Waals surface area contributed by atoms with E-state index in [-0.39, 0.29) is 0 Å². The van der Waals surface area contributed by atoms with Crippen LogP contribution in [0, 0.1) is 5.92 Å². The van der Waals surface area contributed by atoms with Crippen LogP contribution >= 0.6 is 0 Å². The zero-order valence-corrected chi connectivity index (χ0v) is 11.9. The highest BCUT2D eigenvalue weighted by molar-refractivity contribution is 5.10. The van der Waals surface area contributed by atoms with Crippen LogP contribution in [0.3, 0.4) is 0 Å². The number of hydrogen-bond acceptors (Lipinski definition) is 2. The molecule has 0 saturated heterocycles. The minimum atomic E-state index is 0.413. The van der Waals surface area contributed by atoms with Gasteiger partial charge in [0.25, 0.3) is 0 Å². The Kier molecular flexibility index (Phi) is 5.30. The first kappa shape index (κ1) is 13.7. The Labute approximate surface area is 111 Å². The SMILES string of the molecule is CCNC(CCC1CCCC1)c1ccc(CC)o1. The van der Waals surface area contributed by atoms with Crippen LogP contribution in [0.4, 0.5) is 0 Å². The molecule has 1 aromatic rings. The van der Waals surface area contributed by atoms with E-state index >= 15 is 0 Å². The van der Waals surface area contributed by atoms with Gasteiger partial charge in [-0.1, -0.05) is 39.5 Å². The van der Waals surface area contributed by atoms with Crippen molar-refractivity contribution in [2.24, 2.45) is 5.92 Å². The van der Waals surface area contributed by atoms with Gasteiger partial charge in [-0.15, -0.1) is 0 Å². The molecule has 1 heterocycles. The van der Waals surface area contributed by atoms with Crippen LogP contribution in [-0.2, 0) is 6.42 Å². The van der Waals surface area contributed by atoms with Crippen LogP contribution in [0.1, 0.15) is 69.9 Å². The predicted octanol–water partition coefficient (Wildman–Crippen LogP) is 4.46. The summed E-state index contributed by atoms with van der Waals surface area (Å²) in [5, 5.41) is 3.57. The second kappa shape index (κ2) is 6.98. The van der Waals surface area contributed by atoms with Gasteiger partial charge in [-0.25, -0.2) is 0 Å². The lowest BCUT2D eigenvalue weighted by Gasteiger charge is -2.17. The van der Waals surface area contributed by atoms with Gasteiger partial charge in [0.2, 0.25) is 0 Å². The van der Waals surface area contributed by atoms with Gasteiger partial charge < -0.3 is 9.73 Å². The summed E-state index contributed by atoms with van der Waals surface area (Å²) in [5.74, 6) is 3.20. The van der Waals surface area contributed by atoms with Crippen LogP contribution in [0.2, 0.25) is 0 Å². The number of aryl methyl sites for hydroxylation is 1. The van der Waals surface area contributed by atoms with E-state index in [1.165, 1.54) is 38.5 Å². The van der Waals surface area contributed by atoms with E-state index in [2.05, 4.69) is 31.3 Å². The second-order valence-corrected chi connectivity index (χ2v) is 5.50. The maximum atomic E-state index is 5.90. The van der Waals surface area contributed by atoms with E-state index in [4.69, 9.17) is 4.42 Å². The van der Waals surface area contributed by atoms with Crippen LogP contribution < -0.4 is 5.32 Å². The van der Waals surface area contributed by atoms with Crippen LogP contribution in [0.15, 0.2) is 16.5 Å². The largest absolute Gasteiger partial charge is 0.464 e. The Balaban J connectivity index is 1.89. The minimum Gasteiger partial charge on any atom is -0.464 e. The van der Waals surface area contributed by atoms with E-state index in [0.717, 1.165) is 30.4 Å². The summed E-state index contributed by atoms with van der Waals surface area (Å²) in [6.07, 6.45) is 9.32. The number of nitrogens with one attached hydrogen (secondary N) is 1. The summed E-state index contributed by atoms with van der Waals surface area (Å²) in [7, 11) is 0. The molecule has 0 spiro atoms. The Morgan fingerprint density at radius 1 is 1.28 bits per heavy atom. The number of rotatable bonds is 7. The molecule has 0 radical (unpaired) electrons. The van der Waals surface area contributed by atoms with Crippen molar-refractivity contribution in [2.45, 2.75) is 64.8 Å². The van der Waals surface area contributed by atoms with Gasteiger partial charge in [-0.3, -0.25) is 0 Å². The van der Waals surface area contributed by atoms with Crippen molar-refractivity contribution in [1.29, 1.82) is 0 Å². The van der Waals surface area contributed by atoms with E-state index in [9.17, 15) is 0 Å². The van der Waals surface area contributed by atoms with Crippen molar-refractivity contribution >= 4 is 0 Å². The average Bonchev–Trinajstić information content (AvgIpc) is 3.05. The molecule has 1 saturated carbocycles. The summed E-state index contributed by atoms with van der Waals surface area (Å²) in [4.78, 5) is 0. The van der Waals surface area contributed by atoms with Crippen LogP contribution in [0.25, 0.3) is 0 Å². The van der Waals surface area contributed by atoms with Gasteiger partial charge >= 0.3 is 0 Å². The predicted molar refractivity (Wildman–Crippen MR) is 75.7 cm³/mol. The molecule has 1 aromatic heterocycles. The Hall–Kier alpha value is -0.760. The van der Waals surface area contributed by atoms with Crippen molar-refractivity contribution in [3.8, 4) is 0 Å². The zero-order chi connectivity index (χ0) is 12.8. The summed E-state index contributed by atoms with van der Waals surface area (Å²) < 4.78 is 5.90. The Bertz CT molecular complexity index is 339. The smallest absolute Gasteiger partial charge is 0.121 e. The summed E-state index contributed by atoms with van der Waals surface area (Å²) in [6, 6.07) is 4.69. The van der Waals surface area contributed by atoms with Gasteiger partial charge in [-0.2, -0.15) is 0 Å². The van der Waals surface area contributed by atoms with Crippen molar-refractivity contribution in [2.75, 3.05) is 6.54 Å². The molecule has 102 valence electrons. The highest BCUT2D eigenvalue weighted by Crippen LogP contribution is 2.31. The maximum Gasteiger partial charge on any atom is 0.121 e. The molecule has 18 heavy (non-hydrogen) atoms. The molecule has 1 N–H and O–H groups in total. The Morgan fingerprint density at radius 3 is 2.67 bits per heavy atom. The molecule has 1 aliphatic rings. The van der Waals surface area contributed by atoms with Crippen molar-refractivity contribution in [3.05, 3.63) is 23.7 Å². The molecule has 0 aromatic carbocycles. The van der Waals surface area contributed by atoms with E-state index in [1.807, 2.05) is 0 Å². The molecule has 0 bridgehead atoms. The Morgan fingerprint density at radius 2 is 2.06 bits per heavy atom. The lowest BCUT2D eigenvalue weighted by Crippen LogP contribution is -2.21. The van der Waals surface area contributed by atoms with Crippen LogP contribution in [-0.4, -0.2) is 6.54 Å². The highest BCUT2D eigenvalue weighted by Gasteiger charge is 2.19. The average molecular weight is 249 g/mol. The second-order valence-electron chi connectivity index (χ2n) is 5.50. The van der Waals surface area contributed by atoms with Gasteiger partial charge in [0.15, 0.2) is 0 Å². The molecule has 2 heteroatoms. The number of furan rings is 1. The fraction of sp³-hybridized carbons (Fsp3) is 0.750. The third kappa shape index (κ3) is 3.61. The summed E-state index contributed by atoms with van der Waals surface area (Å²) >= 11 is 0. The lowest BCUT2D eigenvalue weighted by atomic mass is 9.97. The van der Waals surface area contributed by atoms with Crippen molar-refractivity contribution < 1.29 is 4.42 Å². The molecule has 1 unspecified atom stereocenters. The van der Waals surface area contributed by atoms with Crippen LogP contribution in [0.5, 0.6) is 0 Å². The molecule has 1 fully saturated rings. The van der Waals surface area contributed by atoms with E-state index < -0.39 is 0 Å². The van der Waals surface area contributed by atoms with Gasteiger partial charge in [0.05, 0.1) is 6.04 Å². The molecule has 0 amide bonds. The molecule has 1 atom stereocenters. The normalized spacial score (nSPS) is 18.3. The van der Waals surface area contributed by atoms with Crippen molar-refractivity contribution in [1.82, 2.24) is 5.32 Å². The molecule has 2 rings (SSSR count). The third-order valence-electron chi connectivity index (χ3n) is 4.16. The number of hydrogen-bond donors (Lipinski definition) is 1. The third-order valence-corrected chi connectivity index (χ3v) is 4.16. The van der Waals surface area contributed by atoms with Crippen molar-refractivity contribution in [3.63, 3.8) is 0 Å². The molecule has 0 aliphatic heterocycles. The van der Waals surface area contributed by atoms with E-state index in [0.29, 0.717) is 6.04 Å². The molecular weight excluding hydrogens is 222 g/mol. The topological polar surface area (TPSA) is 25.2 Å². The summed E-state index contributed by atoms with van der Waals surface area (Å²) in [5.41, 5.74) is 0. The fourth-order valence-electron chi connectivity index (χ4n) is 3.06. The standard InChI is InChI=1S/C16H27NO/c1-3-14-10-12-16(18-14)15(17-4-2)11-9-13-7-5-6-8-13/h10,12-13,15,17H,3-9,11H2,1-2H3. The van der Waals surface area contributed by atoms with Gasteiger partial charge in [0.1, 0.15) is 11.5 Å². The zero-order valence-electron chi connectivity index (χ0n) is 11.9. The molecular formula is C16H27NO. The molecule has 1 aliphatic carbocycles. The monoisotopic (exact) mass is 249 g/mol. The van der Waals surface area contributed by atoms with E-state index in [1.54, 1.807) is 0 Å². The van der Waals surface area contributed by atoms with Gasteiger partial charge in [0, 0.05) is 6.42 Å². The quantitative estimate of drug-likeness (QED) is 0.771. The maximum absolute atomic E-state index is 5.90. The highest BCUT2D eigenvalue weighted by atomic mass is 16.3. The summed E-state index contributed by atoms with van der Waals surface area (Å²) in [6.45, 7) is 5.33. The first-order valence-electron chi connectivity index (χ1n) is 7.65. The first-order valence-corrected chi connectivity index (χ1v) is 7.65. The molecule has 2 nitrogen and oxygen atoms in total. The minimum absolute atomic E-state index is 0.413. The fourth-order valence-corrected chi connectivity index (χ4v) is 3.06.